The van der Waals surface area contributed by atoms with E-state index in [0.717, 1.165) is 6.08 Å². The van der Waals surface area contributed by atoms with E-state index in [4.69, 9.17) is 0 Å². The fourth-order valence-electron chi connectivity index (χ4n) is 0.955. The van der Waals surface area contributed by atoms with E-state index in [2.05, 4.69) is 15.2 Å². The SMILES string of the molecule is CNC(=O)C(=CCC(COC)[N+](=O)[O-])N=O. The second-order valence-electron chi connectivity index (χ2n) is 2.89. The molecule has 16 heavy (non-hydrogen) atoms. The molecule has 1 N–H and O–H groups in total. The summed E-state index contributed by atoms with van der Waals surface area (Å²) in [6.45, 7) is -0.0939. The smallest absolute Gasteiger partial charge is 0.272 e. The highest BCUT2D eigenvalue weighted by molar-refractivity contribution is 5.92. The predicted molar refractivity (Wildman–Crippen MR) is 55.2 cm³/mol. The lowest BCUT2D eigenvalue weighted by molar-refractivity contribution is -0.525. The zero-order chi connectivity index (χ0) is 12.6. The summed E-state index contributed by atoms with van der Waals surface area (Å²) in [6.07, 6.45) is 1.04. The standard InChI is InChI=1S/C8H13N3O5/c1-9-8(12)7(10-13)4-3-6(5-16-2)11(14)15/h4,6H,3,5H2,1-2H3,(H,9,12). The Hall–Kier alpha value is -1.83. The van der Waals surface area contributed by atoms with Gasteiger partial charge in [0.15, 0.2) is 5.70 Å². The number of carbonyl (C=O) groups excluding carboxylic acids is 1. The van der Waals surface area contributed by atoms with Gasteiger partial charge in [0, 0.05) is 25.5 Å². The number of nitrogens with zero attached hydrogens (tertiary/aromatic N) is 2. The molecule has 0 spiro atoms. The molecule has 90 valence electrons. The lowest BCUT2D eigenvalue weighted by Crippen LogP contribution is -2.25. The lowest BCUT2D eigenvalue weighted by atomic mass is 10.2. The van der Waals surface area contributed by atoms with Crippen molar-refractivity contribution in [2.24, 2.45) is 5.18 Å². The van der Waals surface area contributed by atoms with Crippen molar-refractivity contribution in [2.75, 3.05) is 20.8 Å². The van der Waals surface area contributed by atoms with E-state index in [9.17, 15) is 19.8 Å². The average Bonchev–Trinajstić information content (AvgIpc) is 2.27. The third-order valence-corrected chi connectivity index (χ3v) is 1.80. The van der Waals surface area contributed by atoms with Crippen molar-refractivity contribution in [1.82, 2.24) is 5.32 Å². The lowest BCUT2D eigenvalue weighted by Gasteiger charge is -2.05. The fraction of sp³-hybridized carbons (Fsp3) is 0.625. The van der Waals surface area contributed by atoms with E-state index in [1.165, 1.54) is 14.2 Å². The highest BCUT2D eigenvalue weighted by Gasteiger charge is 2.19. The molecule has 0 aromatic heterocycles. The summed E-state index contributed by atoms with van der Waals surface area (Å²) in [5.74, 6) is -0.672. The number of likely N-dealkylation sites (N-methyl/N-ethyl adjacent to an activating group) is 1. The molecule has 1 unspecified atom stereocenters. The predicted octanol–water partition coefficient (Wildman–Crippen LogP) is 0.0645. The van der Waals surface area contributed by atoms with Gasteiger partial charge < -0.3 is 10.1 Å². The summed E-state index contributed by atoms with van der Waals surface area (Å²) >= 11 is 0. The van der Waals surface area contributed by atoms with Crippen LogP contribution in [0.15, 0.2) is 16.9 Å². The van der Waals surface area contributed by atoms with Gasteiger partial charge in [0.25, 0.3) is 5.91 Å². The Morgan fingerprint density at radius 3 is 2.69 bits per heavy atom. The quantitative estimate of drug-likeness (QED) is 0.288. The van der Waals surface area contributed by atoms with Gasteiger partial charge in [-0.25, -0.2) is 0 Å². The normalized spacial score (nSPS) is 13.0. The third kappa shape index (κ3) is 4.60. The summed E-state index contributed by atoms with van der Waals surface area (Å²) in [5.41, 5.74) is -0.370. The van der Waals surface area contributed by atoms with Crippen LogP contribution in [0.5, 0.6) is 0 Å². The van der Waals surface area contributed by atoms with Gasteiger partial charge in [-0.15, -0.1) is 4.91 Å². The maximum atomic E-state index is 11.0. The van der Waals surface area contributed by atoms with Gasteiger partial charge in [-0.2, -0.15) is 0 Å². The van der Waals surface area contributed by atoms with Gasteiger partial charge in [-0.3, -0.25) is 14.9 Å². The van der Waals surface area contributed by atoms with Crippen LogP contribution >= 0.6 is 0 Å². The molecular formula is C8H13N3O5. The maximum Gasteiger partial charge on any atom is 0.272 e. The molecular weight excluding hydrogens is 218 g/mol. The van der Waals surface area contributed by atoms with Crippen LogP contribution in [0.1, 0.15) is 6.42 Å². The minimum atomic E-state index is -0.994. The maximum absolute atomic E-state index is 11.0. The van der Waals surface area contributed by atoms with E-state index in [-0.39, 0.29) is 18.7 Å². The topological polar surface area (TPSA) is 111 Å². The van der Waals surface area contributed by atoms with Gasteiger partial charge >= 0.3 is 0 Å². The summed E-state index contributed by atoms with van der Waals surface area (Å²) in [6, 6.07) is -0.994. The second kappa shape index (κ2) is 7.46. The number of hydrogen-bond donors (Lipinski definition) is 1. The van der Waals surface area contributed by atoms with E-state index in [0.29, 0.717) is 0 Å². The zero-order valence-electron chi connectivity index (χ0n) is 9.00. The number of ether oxygens (including phenoxy) is 1. The summed E-state index contributed by atoms with van der Waals surface area (Å²) < 4.78 is 4.64. The van der Waals surface area contributed by atoms with Crippen molar-refractivity contribution in [2.45, 2.75) is 12.5 Å². The van der Waals surface area contributed by atoms with Gasteiger partial charge in [-0.05, 0) is 11.3 Å². The van der Waals surface area contributed by atoms with Crippen LogP contribution in [0.2, 0.25) is 0 Å². The number of nitrogens with one attached hydrogen (secondary N) is 1. The summed E-state index contributed by atoms with van der Waals surface area (Å²) in [4.78, 5) is 31.3. The zero-order valence-corrected chi connectivity index (χ0v) is 9.00. The van der Waals surface area contributed by atoms with Crippen molar-refractivity contribution < 1.29 is 14.5 Å². The summed E-state index contributed by atoms with van der Waals surface area (Å²) in [7, 11) is 2.67. The molecule has 1 atom stereocenters. The van der Waals surface area contributed by atoms with Crippen LogP contribution in [0, 0.1) is 15.0 Å². The van der Waals surface area contributed by atoms with E-state index >= 15 is 0 Å². The first-order valence-corrected chi connectivity index (χ1v) is 4.44. The van der Waals surface area contributed by atoms with Crippen LogP contribution in [-0.2, 0) is 9.53 Å². The molecule has 0 rings (SSSR count). The van der Waals surface area contributed by atoms with Crippen molar-refractivity contribution >= 4 is 5.91 Å². The largest absolute Gasteiger partial charge is 0.378 e. The molecule has 0 aliphatic rings. The van der Waals surface area contributed by atoms with Gasteiger partial charge in [-0.1, -0.05) is 0 Å². The highest BCUT2D eigenvalue weighted by Crippen LogP contribution is 2.04. The first kappa shape index (κ1) is 14.2. The number of hydrogen-bond acceptors (Lipinski definition) is 6. The van der Waals surface area contributed by atoms with Crippen molar-refractivity contribution in [3.05, 3.63) is 26.8 Å². The molecule has 8 nitrogen and oxygen atoms in total. The number of amides is 1. The number of carbonyl (C=O) groups is 1. The molecule has 0 aliphatic carbocycles. The Kier molecular flexibility index (Phi) is 6.61. The van der Waals surface area contributed by atoms with E-state index < -0.39 is 16.9 Å². The molecule has 0 radical (unpaired) electrons. The van der Waals surface area contributed by atoms with Crippen molar-refractivity contribution in [1.29, 1.82) is 0 Å². The fourth-order valence-corrected chi connectivity index (χ4v) is 0.955. The Morgan fingerprint density at radius 1 is 1.69 bits per heavy atom. The summed E-state index contributed by atoms with van der Waals surface area (Å²) in [5, 5.41) is 15.2. The first-order chi connectivity index (χ1) is 7.56. The molecule has 0 aliphatic heterocycles. The van der Waals surface area contributed by atoms with Crippen LogP contribution in [-0.4, -0.2) is 37.6 Å². The molecule has 0 saturated carbocycles. The second-order valence-corrected chi connectivity index (χ2v) is 2.89. The number of nitroso groups, excluding NO2 is 1. The molecule has 0 aromatic carbocycles. The van der Waals surface area contributed by atoms with Crippen LogP contribution in [0.4, 0.5) is 0 Å². The molecule has 8 heteroatoms. The Balaban J connectivity index is 4.55. The number of methoxy groups -OCH3 is 1. The molecule has 0 bridgehead atoms. The third-order valence-electron chi connectivity index (χ3n) is 1.80. The molecule has 0 aromatic rings. The number of nitro groups is 1. The monoisotopic (exact) mass is 231 g/mol. The average molecular weight is 231 g/mol. The Labute approximate surface area is 91.8 Å². The minimum Gasteiger partial charge on any atom is -0.378 e. The van der Waals surface area contributed by atoms with Crippen LogP contribution in [0.25, 0.3) is 0 Å². The van der Waals surface area contributed by atoms with Crippen LogP contribution < -0.4 is 5.32 Å². The molecule has 1 amide bonds. The van der Waals surface area contributed by atoms with Gasteiger partial charge in [0.1, 0.15) is 6.61 Å². The van der Waals surface area contributed by atoms with Crippen LogP contribution in [0.3, 0.4) is 0 Å². The Morgan fingerprint density at radius 2 is 2.31 bits per heavy atom. The molecule has 0 heterocycles. The van der Waals surface area contributed by atoms with Crippen molar-refractivity contribution in [3.63, 3.8) is 0 Å². The molecule has 0 saturated heterocycles. The van der Waals surface area contributed by atoms with Gasteiger partial charge in [0.05, 0.1) is 0 Å². The van der Waals surface area contributed by atoms with Gasteiger partial charge in [0.2, 0.25) is 6.04 Å². The number of rotatable bonds is 7. The minimum absolute atomic E-state index is 0.0880. The van der Waals surface area contributed by atoms with E-state index in [1.807, 2.05) is 0 Å². The molecule has 0 fully saturated rings. The highest BCUT2D eigenvalue weighted by atomic mass is 16.6. The van der Waals surface area contributed by atoms with E-state index in [1.54, 1.807) is 0 Å². The van der Waals surface area contributed by atoms with Crippen molar-refractivity contribution in [3.8, 4) is 0 Å². The first-order valence-electron chi connectivity index (χ1n) is 4.44. The Bertz CT molecular complexity index is 302.